The van der Waals surface area contributed by atoms with Crippen LogP contribution in [0.5, 0.6) is 0 Å². The Morgan fingerprint density at radius 2 is 1.94 bits per heavy atom. The molecule has 1 aromatic heterocycles. The van der Waals surface area contributed by atoms with Crippen LogP contribution in [0.2, 0.25) is 5.15 Å². The van der Waals surface area contributed by atoms with E-state index in [1.54, 1.807) is 0 Å². The summed E-state index contributed by atoms with van der Waals surface area (Å²) in [4.78, 5) is 8.69. The van der Waals surface area contributed by atoms with Crippen molar-refractivity contribution in [2.24, 2.45) is 0 Å². The first-order valence-corrected chi connectivity index (χ1v) is 5.63. The molecular formula is C11H18ClN3O. The predicted molar refractivity (Wildman–Crippen MR) is 66.1 cm³/mol. The van der Waals surface area contributed by atoms with Gasteiger partial charge in [-0.1, -0.05) is 32.4 Å². The fourth-order valence-electron chi connectivity index (χ4n) is 1.17. The Kier molecular flexibility index (Phi) is 4.10. The van der Waals surface area contributed by atoms with Crippen LogP contribution in [0.1, 0.15) is 32.2 Å². The van der Waals surface area contributed by atoms with Crippen LogP contribution < -0.4 is 5.32 Å². The number of anilines is 1. The number of aliphatic hydroxyl groups excluding tert-OH is 1. The summed E-state index contributed by atoms with van der Waals surface area (Å²) in [6, 6.07) is 0. The van der Waals surface area contributed by atoms with Gasteiger partial charge >= 0.3 is 0 Å². The maximum Gasteiger partial charge on any atom is 0.137 e. The van der Waals surface area contributed by atoms with Crippen LogP contribution in [0.4, 0.5) is 5.82 Å². The van der Waals surface area contributed by atoms with E-state index in [0.29, 0.717) is 23.3 Å². The molecule has 4 nitrogen and oxygen atoms in total. The predicted octanol–water partition coefficient (Wildman–Crippen LogP) is 2.14. The molecule has 16 heavy (non-hydrogen) atoms. The summed E-state index contributed by atoms with van der Waals surface area (Å²) >= 11 is 6.05. The summed E-state index contributed by atoms with van der Waals surface area (Å²) in [5, 5.41) is 12.3. The van der Waals surface area contributed by atoms with E-state index in [1.807, 2.05) is 27.7 Å². The summed E-state index contributed by atoms with van der Waals surface area (Å²) in [6.45, 7) is 8.47. The van der Waals surface area contributed by atoms with Gasteiger partial charge in [0, 0.05) is 17.5 Å². The van der Waals surface area contributed by atoms with Gasteiger partial charge in [0.25, 0.3) is 0 Å². The van der Waals surface area contributed by atoms with Crippen molar-refractivity contribution in [2.45, 2.75) is 33.1 Å². The molecule has 0 fully saturated rings. The Hall–Kier alpha value is -0.870. The Morgan fingerprint density at radius 3 is 2.44 bits per heavy atom. The van der Waals surface area contributed by atoms with Crippen LogP contribution in [0.25, 0.3) is 0 Å². The topological polar surface area (TPSA) is 58.0 Å². The molecule has 0 saturated carbocycles. The molecule has 0 aromatic carbocycles. The maximum absolute atomic E-state index is 8.78. The maximum atomic E-state index is 8.78. The van der Waals surface area contributed by atoms with Gasteiger partial charge < -0.3 is 10.4 Å². The first kappa shape index (κ1) is 13.2. The molecule has 2 N–H and O–H groups in total. The van der Waals surface area contributed by atoms with E-state index in [2.05, 4.69) is 15.3 Å². The van der Waals surface area contributed by atoms with E-state index >= 15 is 0 Å². The number of halogens is 1. The molecule has 1 rings (SSSR count). The molecule has 0 amide bonds. The number of hydrogen-bond acceptors (Lipinski definition) is 4. The standard InChI is InChI=1S/C11H18ClN3O/c1-7-8(12)14-10(11(2,3)4)15-9(7)13-5-6-16/h16H,5-6H2,1-4H3,(H,13,14,15). The molecule has 0 saturated heterocycles. The van der Waals surface area contributed by atoms with Crippen LogP contribution in [-0.4, -0.2) is 28.2 Å². The molecule has 0 unspecified atom stereocenters. The first-order chi connectivity index (χ1) is 7.36. The Labute approximate surface area is 101 Å². The first-order valence-electron chi connectivity index (χ1n) is 5.25. The Morgan fingerprint density at radius 1 is 1.31 bits per heavy atom. The number of aromatic nitrogens is 2. The van der Waals surface area contributed by atoms with Gasteiger partial charge in [0.2, 0.25) is 0 Å². The van der Waals surface area contributed by atoms with E-state index in [4.69, 9.17) is 16.7 Å². The fraction of sp³-hybridized carbons (Fsp3) is 0.636. The van der Waals surface area contributed by atoms with Crippen LogP contribution >= 0.6 is 11.6 Å². The highest BCUT2D eigenvalue weighted by molar-refractivity contribution is 6.30. The summed E-state index contributed by atoms with van der Waals surface area (Å²) in [7, 11) is 0. The van der Waals surface area contributed by atoms with Crippen LogP contribution in [-0.2, 0) is 5.41 Å². The lowest BCUT2D eigenvalue weighted by Crippen LogP contribution is -2.19. The van der Waals surface area contributed by atoms with E-state index in [-0.39, 0.29) is 12.0 Å². The summed E-state index contributed by atoms with van der Waals surface area (Å²) in [5.74, 6) is 1.39. The lowest BCUT2D eigenvalue weighted by molar-refractivity contribution is 0.311. The zero-order valence-corrected chi connectivity index (χ0v) is 10.9. The van der Waals surface area contributed by atoms with Crippen molar-refractivity contribution in [3.05, 3.63) is 16.5 Å². The number of aliphatic hydroxyl groups is 1. The summed E-state index contributed by atoms with van der Waals surface area (Å²) in [6.07, 6.45) is 0. The van der Waals surface area contributed by atoms with Crippen molar-refractivity contribution >= 4 is 17.4 Å². The van der Waals surface area contributed by atoms with Crippen molar-refractivity contribution in [3.63, 3.8) is 0 Å². The number of hydrogen-bond donors (Lipinski definition) is 2. The normalized spacial score (nSPS) is 11.6. The smallest absolute Gasteiger partial charge is 0.137 e. The molecule has 90 valence electrons. The minimum absolute atomic E-state index is 0.0614. The van der Waals surface area contributed by atoms with E-state index in [0.717, 1.165) is 5.56 Å². The molecule has 0 aliphatic carbocycles. The van der Waals surface area contributed by atoms with Crippen LogP contribution in [0.3, 0.4) is 0 Å². The molecular weight excluding hydrogens is 226 g/mol. The van der Waals surface area contributed by atoms with E-state index in [9.17, 15) is 0 Å². The lowest BCUT2D eigenvalue weighted by Gasteiger charge is -2.19. The van der Waals surface area contributed by atoms with Crippen LogP contribution in [0, 0.1) is 6.92 Å². The third-order valence-electron chi connectivity index (χ3n) is 2.16. The Bertz CT molecular complexity index is 374. The van der Waals surface area contributed by atoms with Gasteiger partial charge in [0.15, 0.2) is 0 Å². The monoisotopic (exact) mass is 243 g/mol. The molecule has 5 heteroatoms. The summed E-state index contributed by atoms with van der Waals surface area (Å²) < 4.78 is 0. The zero-order valence-electron chi connectivity index (χ0n) is 10.1. The van der Waals surface area contributed by atoms with Gasteiger partial charge in [-0.15, -0.1) is 0 Å². The van der Waals surface area contributed by atoms with Gasteiger partial charge in [-0.25, -0.2) is 9.97 Å². The lowest BCUT2D eigenvalue weighted by atomic mass is 9.95. The van der Waals surface area contributed by atoms with Gasteiger partial charge in [0.1, 0.15) is 16.8 Å². The molecule has 1 heterocycles. The van der Waals surface area contributed by atoms with E-state index in [1.165, 1.54) is 0 Å². The Balaban J connectivity index is 3.12. The van der Waals surface area contributed by atoms with Gasteiger partial charge in [0.05, 0.1) is 6.61 Å². The van der Waals surface area contributed by atoms with Crippen molar-refractivity contribution in [2.75, 3.05) is 18.5 Å². The highest BCUT2D eigenvalue weighted by atomic mass is 35.5. The summed E-state index contributed by atoms with van der Waals surface area (Å²) in [5.41, 5.74) is 0.663. The highest BCUT2D eigenvalue weighted by Crippen LogP contribution is 2.25. The number of nitrogens with one attached hydrogen (secondary N) is 1. The van der Waals surface area contributed by atoms with Crippen LogP contribution in [0.15, 0.2) is 0 Å². The largest absolute Gasteiger partial charge is 0.395 e. The third kappa shape index (κ3) is 3.06. The van der Waals surface area contributed by atoms with Crippen molar-refractivity contribution in [1.82, 2.24) is 9.97 Å². The molecule has 1 aromatic rings. The van der Waals surface area contributed by atoms with Crippen molar-refractivity contribution in [3.8, 4) is 0 Å². The zero-order chi connectivity index (χ0) is 12.3. The second-order valence-electron chi connectivity index (χ2n) is 4.71. The average Bonchev–Trinajstić information content (AvgIpc) is 2.18. The molecule has 0 bridgehead atoms. The quantitative estimate of drug-likeness (QED) is 0.799. The second-order valence-corrected chi connectivity index (χ2v) is 5.07. The molecule has 0 atom stereocenters. The SMILES string of the molecule is Cc1c(Cl)nc(C(C)(C)C)nc1NCCO. The molecule has 0 aliphatic heterocycles. The average molecular weight is 244 g/mol. The van der Waals surface area contributed by atoms with E-state index < -0.39 is 0 Å². The van der Waals surface area contributed by atoms with Crippen molar-refractivity contribution < 1.29 is 5.11 Å². The van der Waals surface area contributed by atoms with Gasteiger partial charge in [-0.3, -0.25) is 0 Å². The number of rotatable bonds is 3. The highest BCUT2D eigenvalue weighted by Gasteiger charge is 2.20. The van der Waals surface area contributed by atoms with Crippen molar-refractivity contribution in [1.29, 1.82) is 0 Å². The van der Waals surface area contributed by atoms with Gasteiger partial charge in [-0.2, -0.15) is 0 Å². The third-order valence-corrected chi connectivity index (χ3v) is 2.53. The molecule has 0 aliphatic rings. The minimum Gasteiger partial charge on any atom is -0.395 e. The second kappa shape index (κ2) is 4.97. The minimum atomic E-state index is -0.146. The molecule has 0 spiro atoms. The van der Waals surface area contributed by atoms with Gasteiger partial charge in [-0.05, 0) is 6.92 Å². The molecule has 0 radical (unpaired) electrons. The fourth-order valence-corrected chi connectivity index (χ4v) is 1.34. The number of nitrogens with zero attached hydrogens (tertiary/aromatic N) is 2.